The molecule has 22 heavy (non-hydrogen) atoms. The van der Waals surface area contributed by atoms with Crippen LogP contribution in [0.5, 0.6) is 0 Å². The summed E-state index contributed by atoms with van der Waals surface area (Å²) in [7, 11) is 8.22. The molecule has 2 aromatic rings. The number of nitrogens with one attached hydrogen (secondary N) is 2. The van der Waals surface area contributed by atoms with Crippen LogP contribution < -0.4 is 15.1 Å². The Morgan fingerprint density at radius 2 is 1.91 bits per heavy atom. The summed E-state index contributed by atoms with van der Waals surface area (Å²) in [5, 5.41) is 2.94. The van der Waals surface area contributed by atoms with E-state index in [9.17, 15) is 4.79 Å². The van der Waals surface area contributed by atoms with Crippen molar-refractivity contribution in [3.05, 3.63) is 54.0 Å². The van der Waals surface area contributed by atoms with Crippen molar-refractivity contribution in [2.75, 3.05) is 39.6 Å². The summed E-state index contributed by atoms with van der Waals surface area (Å²) in [6.45, 7) is 0.559. The number of carbonyl (C=O) groups is 1. The third-order valence-electron chi connectivity index (χ3n) is 3.72. The van der Waals surface area contributed by atoms with Gasteiger partial charge in [0.2, 0.25) is 0 Å². The Morgan fingerprint density at radius 3 is 2.41 bits per heavy atom. The van der Waals surface area contributed by atoms with E-state index in [1.54, 1.807) is 12.1 Å². The molecule has 0 aliphatic rings. The maximum Gasteiger partial charge on any atom is 0.287 e. The van der Waals surface area contributed by atoms with Gasteiger partial charge in [-0.2, -0.15) is 0 Å². The summed E-state index contributed by atoms with van der Waals surface area (Å²) in [6.07, 6.45) is 1.50. The minimum Gasteiger partial charge on any atom is -0.459 e. The Morgan fingerprint density at radius 1 is 1.23 bits per heavy atom. The lowest BCUT2D eigenvalue weighted by molar-refractivity contribution is -0.890. The molecule has 0 fully saturated rings. The highest BCUT2D eigenvalue weighted by molar-refractivity contribution is 5.91. The molecule has 0 saturated heterocycles. The topological polar surface area (TPSA) is 49.9 Å². The first-order valence-corrected chi connectivity index (χ1v) is 7.38. The van der Waals surface area contributed by atoms with Gasteiger partial charge >= 0.3 is 0 Å². The van der Waals surface area contributed by atoms with Crippen LogP contribution in [0.4, 0.5) is 5.69 Å². The molecule has 0 spiro atoms. The summed E-state index contributed by atoms with van der Waals surface area (Å²) >= 11 is 0. The van der Waals surface area contributed by atoms with Gasteiger partial charge in [-0.25, -0.2) is 0 Å². The molecule has 0 unspecified atom stereocenters. The molecule has 0 saturated carbocycles. The number of furan rings is 1. The second-order valence-electron chi connectivity index (χ2n) is 5.80. The fraction of sp³-hybridized carbons (Fsp3) is 0.353. The number of hydrogen-bond acceptors (Lipinski definition) is 3. The number of benzene rings is 1. The fourth-order valence-corrected chi connectivity index (χ4v) is 2.35. The van der Waals surface area contributed by atoms with Gasteiger partial charge in [-0.15, -0.1) is 0 Å². The highest BCUT2D eigenvalue weighted by Gasteiger charge is 2.20. The lowest BCUT2D eigenvalue weighted by Gasteiger charge is -2.23. The lowest BCUT2D eigenvalue weighted by Crippen LogP contribution is -3.07. The summed E-state index contributed by atoms with van der Waals surface area (Å²) in [5.74, 6) is 0.164. The molecule has 118 valence electrons. The molecule has 1 amide bonds. The Hall–Kier alpha value is -2.27. The van der Waals surface area contributed by atoms with E-state index in [1.807, 2.05) is 14.1 Å². The summed E-state index contributed by atoms with van der Waals surface area (Å²) in [5.41, 5.74) is 2.36. The second kappa shape index (κ2) is 7.13. The Kier molecular flexibility index (Phi) is 5.22. The van der Waals surface area contributed by atoms with E-state index < -0.39 is 0 Å². The van der Waals surface area contributed by atoms with Crippen molar-refractivity contribution >= 4 is 11.6 Å². The molecule has 1 atom stereocenters. The number of carbonyl (C=O) groups excluding carboxylic acids is 1. The largest absolute Gasteiger partial charge is 0.459 e. The zero-order valence-electron chi connectivity index (χ0n) is 13.6. The van der Waals surface area contributed by atoms with Crippen LogP contribution in [-0.4, -0.2) is 40.6 Å². The summed E-state index contributed by atoms with van der Waals surface area (Å²) < 4.78 is 5.11. The molecule has 5 nitrogen and oxygen atoms in total. The standard InChI is InChI=1S/C17H23N3O2/c1-19(2)14-9-7-13(8-10-14)15(20(3)4)12-18-17(21)16-6-5-11-22-16/h5-11,15H,12H2,1-4H3,(H,18,21)/p+1/t15-/m1/s1. The number of rotatable bonds is 6. The maximum atomic E-state index is 12.0. The molecule has 0 aliphatic heterocycles. The molecule has 2 N–H and O–H groups in total. The quantitative estimate of drug-likeness (QED) is 0.836. The van der Waals surface area contributed by atoms with Gasteiger partial charge in [-0.1, -0.05) is 12.1 Å². The van der Waals surface area contributed by atoms with Crippen LogP contribution in [0.15, 0.2) is 47.1 Å². The molecule has 0 aliphatic carbocycles. The monoisotopic (exact) mass is 302 g/mol. The van der Waals surface area contributed by atoms with Gasteiger partial charge in [0.15, 0.2) is 5.76 Å². The highest BCUT2D eigenvalue weighted by atomic mass is 16.3. The fourth-order valence-electron chi connectivity index (χ4n) is 2.35. The third-order valence-corrected chi connectivity index (χ3v) is 3.72. The normalized spacial score (nSPS) is 12.2. The molecule has 2 rings (SSSR count). The molecule has 0 radical (unpaired) electrons. The summed E-state index contributed by atoms with van der Waals surface area (Å²) in [4.78, 5) is 15.3. The van der Waals surface area contributed by atoms with E-state index in [1.165, 1.54) is 16.7 Å². The number of anilines is 1. The molecule has 1 heterocycles. The Bertz CT molecular complexity index is 589. The summed E-state index contributed by atoms with van der Waals surface area (Å²) in [6, 6.07) is 12.0. The second-order valence-corrected chi connectivity index (χ2v) is 5.80. The van der Waals surface area contributed by atoms with Gasteiger partial charge in [0.05, 0.1) is 26.9 Å². The van der Waals surface area contributed by atoms with E-state index in [-0.39, 0.29) is 11.9 Å². The zero-order valence-corrected chi connectivity index (χ0v) is 13.6. The van der Waals surface area contributed by atoms with E-state index in [4.69, 9.17) is 4.42 Å². The van der Waals surface area contributed by atoms with Gasteiger partial charge in [-0.05, 0) is 24.3 Å². The first-order valence-electron chi connectivity index (χ1n) is 7.38. The van der Waals surface area contributed by atoms with Gasteiger partial charge < -0.3 is 19.5 Å². The van der Waals surface area contributed by atoms with Crippen molar-refractivity contribution in [1.29, 1.82) is 0 Å². The average molecular weight is 302 g/mol. The molecular weight excluding hydrogens is 278 g/mol. The number of amides is 1. The lowest BCUT2D eigenvalue weighted by atomic mass is 10.1. The van der Waals surface area contributed by atoms with E-state index in [2.05, 4.69) is 48.6 Å². The zero-order chi connectivity index (χ0) is 16.1. The SMILES string of the molecule is CN(C)c1ccc([C@@H](CNC(=O)c2ccco2)[NH+](C)C)cc1. The Labute approximate surface area is 131 Å². The van der Waals surface area contributed by atoms with Crippen molar-refractivity contribution < 1.29 is 14.1 Å². The molecule has 1 aromatic heterocycles. The van der Waals surface area contributed by atoms with Crippen molar-refractivity contribution in [3.8, 4) is 0 Å². The van der Waals surface area contributed by atoms with Crippen LogP contribution >= 0.6 is 0 Å². The van der Waals surface area contributed by atoms with E-state index >= 15 is 0 Å². The van der Waals surface area contributed by atoms with E-state index in [0.29, 0.717) is 12.3 Å². The minimum atomic E-state index is -0.179. The van der Waals surface area contributed by atoms with Crippen molar-refractivity contribution in [2.24, 2.45) is 0 Å². The number of nitrogens with zero attached hydrogens (tertiary/aromatic N) is 1. The highest BCUT2D eigenvalue weighted by Crippen LogP contribution is 2.16. The number of hydrogen-bond donors (Lipinski definition) is 2. The molecular formula is C17H24N3O2+. The first-order chi connectivity index (χ1) is 10.5. The van der Waals surface area contributed by atoms with Crippen LogP contribution in [-0.2, 0) is 0 Å². The predicted octanol–water partition coefficient (Wildman–Crippen LogP) is 0.961. The smallest absolute Gasteiger partial charge is 0.287 e. The van der Waals surface area contributed by atoms with E-state index in [0.717, 1.165) is 5.69 Å². The minimum absolute atomic E-state index is 0.179. The predicted molar refractivity (Wildman–Crippen MR) is 87.4 cm³/mol. The van der Waals surface area contributed by atoms with Gasteiger partial charge in [0.1, 0.15) is 6.04 Å². The number of quaternary nitrogens is 1. The van der Waals surface area contributed by atoms with Gasteiger partial charge in [0, 0.05) is 25.3 Å². The van der Waals surface area contributed by atoms with Gasteiger partial charge in [0.25, 0.3) is 5.91 Å². The van der Waals surface area contributed by atoms with Crippen molar-refractivity contribution in [1.82, 2.24) is 5.32 Å². The van der Waals surface area contributed by atoms with Crippen LogP contribution in [0, 0.1) is 0 Å². The molecule has 5 heteroatoms. The van der Waals surface area contributed by atoms with Crippen molar-refractivity contribution in [3.63, 3.8) is 0 Å². The Balaban J connectivity index is 2.05. The first kappa shape index (κ1) is 16.1. The average Bonchev–Trinajstić information content (AvgIpc) is 3.01. The molecule has 1 aromatic carbocycles. The molecule has 0 bridgehead atoms. The number of likely N-dealkylation sites (N-methyl/N-ethyl adjacent to an activating group) is 1. The van der Waals surface area contributed by atoms with Crippen LogP contribution in [0.25, 0.3) is 0 Å². The third kappa shape index (κ3) is 3.89. The van der Waals surface area contributed by atoms with Crippen LogP contribution in [0.1, 0.15) is 22.2 Å². The van der Waals surface area contributed by atoms with Gasteiger partial charge in [-0.3, -0.25) is 4.79 Å². The van der Waals surface area contributed by atoms with Crippen molar-refractivity contribution in [2.45, 2.75) is 6.04 Å². The maximum absolute atomic E-state index is 12.0. The van der Waals surface area contributed by atoms with Crippen LogP contribution in [0.3, 0.4) is 0 Å². The van der Waals surface area contributed by atoms with Crippen LogP contribution in [0.2, 0.25) is 0 Å².